The Hall–Kier alpha value is -0.970. The van der Waals surface area contributed by atoms with Crippen molar-refractivity contribution in [2.75, 3.05) is 0 Å². The summed E-state index contributed by atoms with van der Waals surface area (Å²) in [6.07, 6.45) is 0. The number of nitrogens with zero attached hydrogens (tertiary/aromatic N) is 1. The molecule has 0 aliphatic heterocycles. The van der Waals surface area contributed by atoms with Crippen molar-refractivity contribution in [2.45, 2.75) is 0 Å². The number of halogens is 3. The lowest BCUT2D eigenvalue weighted by Crippen LogP contribution is -1.80. The van der Waals surface area contributed by atoms with Crippen molar-refractivity contribution in [1.82, 2.24) is 4.98 Å². The van der Waals surface area contributed by atoms with Crippen LogP contribution in [-0.2, 0) is 0 Å². The number of rotatable bonds is 1. The zero-order chi connectivity index (χ0) is 12.7. The van der Waals surface area contributed by atoms with E-state index in [4.69, 9.17) is 11.6 Å². The number of aromatic nitrogens is 1. The number of fused-ring (bicyclic) bond motifs is 1. The number of hydrogen-bond acceptors (Lipinski definition) is 2. The molecule has 0 saturated heterocycles. The van der Waals surface area contributed by atoms with Gasteiger partial charge in [0.15, 0.2) is 0 Å². The van der Waals surface area contributed by atoms with Crippen molar-refractivity contribution in [3.63, 3.8) is 0 Å². The van der Waals surface area contributed by atoms with Crippen LogP contribution in [0.15, 0.2) is 40.9 Å². The van der Waals surface area contributed by atoms with Crippen LogP contribution in [0.4, 0.5) is 4.39 Å². The zero-order valence-electron chi connectivity index (χ0n) is 8.95. The predicted molar refractivity (Wildman–Crippen MR) is 77.7 cm³/mol. The van der Waals surface area contributed by atoms with E-state index in [1.807, 2.05) is 18.2 Å². The summed E-state index contributed by atoms with van der Waals surface area (Å²) in [6.45, 7) is 0. The van der Waals surface area contributed by atoms with Crippen molar-refractivity contribution >= 4 is 49.1 Å². The lowest BCUT2D eigenvalue weighted by Gasteiger charge is -1.97. The molecular weight excluding hydrogens is 337 g/mol. The molecule has 0 amide bonds. The third kappa shape index (κ3) is 2.16. The number of benzene rings is 2. The molecule has 0 aliphatic carbocycles. The topological polar surface area (TPSA) is 12.9 Å². The Morgan fingerprint density at radius 1 is 1.17 bits per heavy atom. The van der Waals surface area contributed by atoms with Crippen LogP contribution in [0.1, 0.15) is 0 Å². The smallest absolute Gasteiger partial charge is 0.137 e. The van der Waals surface area contributed by atoms with Gasteiger partial charge in [0.05, 0.1) is 14.7 Å². The Morgan fingerprint density at radius 2 is 2.00 bits per heavy atom. The van der Waals surface area contributed by atoms with Crippen molar-refractivity contribution in [2.24, 2.45) is 0 Å². The van der Waals surface area contributed by atoms with E-state index in [1.54, 1.807) is 23.5 Å². The summed E-state index contributed by atoms with van der Waals surface area (Å²) in [4.78, 5) is 4.51. The van der Waals surface area contributed by atoms with E-state index in [0.717, 1.165) is 20.8 Å². The summed E-state index contributed by atoms with van der Waals surface area (Å²) < 4.78 is 14.7. The van der Waals surface area contributed by atoms with Gasteiger partial charge in [-0.3, -0.25) is 0 Å². The molecule has 1 heterocycles. The van der Waals surface area contributed by atoms with Crippen LogP contribution in [0.2, 0.25) is 5.02 Å². The average molecular weight is 343 g/mol. The quantitative estimate of drug-likeness (QED) is 0.567. The molecule has 0 fully saturated rings. The first kappa shape index (κ1) is 12.1. The molecule has 0 saturated carbocycles. The monoisotopic (exact) mass is 341 g/mol. The van der Waals surface area contributed by atoms with E-state index in [0.29, 0.717) is 9.50 Å². The lowest BCUT2D eigenvalue weighted by atomic mass is 10.2. The molecule has 3 aromatic rings. The van der Waals surface area contributed by atoms with Gasteiger partial charge >= 0.3 is 0 Å². The molecule has 1 aromatic heterocycles. The SMILES string of the molecule is Fc1ccc(-c2nc3cc(Cl)ccc3s2)cc1Br. The summed E-state index contributed by atoms with van der Waals surface area (Å²) in [5.74, 6) is -0.275. The second-order valence-corrected chi connectivity index (χ2v) is 6.08. The molecule has 0 unspecified atom stereocenters. The molecular formula is C13H6BrClFNS. The van der Waals surface area contributed by atoms with E-state index >= 15 is 0 Å². The normalized spacial score (nSPS) is 11.1. The molecule has 1 nitrogen and oxygen atoms in total. The first-order valence-corrected chi connectivity index (χ1v) is 7.14. The van der Waals surface area contributed by atoms with E-state index in [1.165, 1.54) is 6.07 Å². The van der Waals surface area contributed by atoms with Crippen LogP contribution in [-0.4, -0.2) is 4.98 Å². The Balaban J connectivity index is 2.16. The molecule has 18 heavy (non-hydrogen) atoms. The molecule has 0 atom stereocenters. The summed E-state index contributed by atoms with van der Waals surface area (Å²) in [7, 11) is 0. The fourth-order valence-corrected chi connectivity index (χ4v) is 3.14. The minimum atomic E-state index is -0.275. The van der Waals surface area contributed by atoms with Crippen LogP contribution in [0.25, 0.3) is 20.8 Å². The van der Waals surface area contributed by atoms with Gasteiger partial charge < -0.3 is 0 Å². The minimum absolute atomic E-state index is 0.275. The van der Waals surface area contributed by atoms with Gasteiger partial charge in [-0.25, -0.2) is 9.37 Å². The van der Waals surface area contributed by atoms with Gasteiger partial charge in [0.2, 0.25) is 0 Å². The molecule has 3 rings (SSSR count). The standard InChI is InChI=1S/C13H6BrClFNS/c14-9-5-7(1-3-10(9)16)13-17-11-6-8(15)2-4-12(11)18-13/h1-6H. The van der Waals surface area contributed by atoms with Crippen molar-refractivity contribution < 1.29 is 4.39 Å². The lowest BCUT2D eigenvalue weighted by molar-refractivity contribution is 0.621. The third-order valence-electron chi connectivity index (χ3n) is 2.52. The maximum Gasteiger partial charge on any atom is 0.137 e. The van der Waals surface area contributed by atoms with Gasteiger partial charge in [0.25, 0.3) is 0 Å². The highest BCUT2D eigenvalue weighted by Crippen LogP contribution is 2.33. The van der Waals surface area contributed by atoms with Crippen LogP contribution in [0, 0.1) is 5.82 Å². The Labute approximate surface area is 120 Å². The van der Waals surface area contributed by atoms with Gasteiger partial charge in [0.1, 0.15) is 10.8 Å². The van der Waals surface area contributed by atoms with Crippen LogP contribution in [0.3, 0.4) is 0 Å². The summed E-state index contributed by atoms with van der Waals surface area (Å²) >= 11 is 10.7. The third-order valence-corrected chi connectivity index (χ3v) is 4.44. The first-order valence-electron chi connectivity index (χ1n) is 5.15. The van der Waals surface area contributed by atoms with E-state index in [2.05, 4.69) is 20.9 Å². The van der Waals surface area contributed by atoms with Gasteiger partial charge in [-0.15, -0.1) is 11.3 Å². The van der Waals surface area contributed by atoms with Gasteiger partial charge in [-0.2, -0.15) is 0 Å². The average Bonchev–Trinajstić information content (AvgIpc) is 2.75. The molecule has 0 N–H and O–H groups in total. The van der Waals surface area contributed by atoms with Crippen LogP contribution >= 0.6 is 38.9 Å². The molecule has 90 valence electrons. The summed E-state index contributed by atoms with van der Waals surface area (Å²) in [5.41, 5.74) is 1.75. The van der Waals surface area contributed by atoms with E-state index in [9.17, 15) is 4.39 Å². The first-order chi connectivity index (χ1) is 8.63. The largest absolute Gasteiger partial charge is 0.236 e. The van der Waals surface area contributed by atoms with Crippen LogP contribution in [0.5, 0.6) is 0 Å². The fraction of sp³-hybridized carbons (Fsp3) is 0. The maximum absolute atomic E-state index is 13.2. The molecule has 2 aromatic carbocycles. The van der Waals surface area contributed by atoms with E-state index < -0.39 is 0 Å². The van der Waals surface area contributed by atoms with Crippen molar-refractivity contribution in [3.8, 4) is 10.6 Å². The molecule has 0 aliphatic rings. The molecule has 0 radical (unpaired) electrons. The minimum Gasteiger partial charge on any atom is -0.236 e. The molecule has 0 bridgehead atoms. The number of hydrogen-bond donors (Lipinski definition) is 0. The van der Waals surface area contributed by atoms with E-state index in [-0.39, 0.29) is 5.82 Å². The highest BCUT2D eigenvalue weighted by atomic mass is 79.9. The van der Waals surface area contributed by atoms with Gasteiger partial charge in [-0.1, -0.05) is 11.6 Å². The number of thiazole rings is 1. The Bertz CT molecular complexity index is 741. The summed E-state index contributed by atoms with van der Waals surface area (Å²) in [5, 5.41) is 1.52. The van der Waals surface area contributed by atoms with Crippen LogP contribution < -0.4 is 0 Å². The zero-order valence-corrected chi connectivity index (χ0v) is 12.1. The second-order valence-electron chi connectivity index (χ2n) is 3.76. The van der Waals surface area contributed by atoms with Crippen molar-refractivity contribution in [3.05, 3.63) is 51.7 Å². The Morgan fingerprint density at radius 3 is 2.78 bits per heavy atom. The molecule has 0 spiro atoms. The summed E-state index contributed by atoms with van der Waals surface area (Å²) in [6, 6.07) is 10.5. The fourth-order valence-electron chi connectivity index (χ4n) is 1.65. The maximum atomic E-state index is 13.2. The van der Waals surface area contributed by atoms with Gasteiger partial charge in [0, 0.05) is 10.6 Å². The predicted octanol–water partition coefficient (Wildman–Crippen LogP) is 5.52. The highest BCUT2D eigenvalue weighted by Gasteiger charge is 2.08. The highest BCUT2D eigenvalue weighted by molar-refractivity contribution is 9.10. The second kappa shape index (κ2) is 4.61. The Kier molecular flexibility index (Phi) is 3.09. The molecule has 5 heteroatoms. The van der Waals surface area contributed by atoms with Crippen molar-refractivity contribution in [1.29, 1.82) is 0 Å². The van der Waals surface area contributed by atoms with Gasteiger partial charge in [-0.05, 0) is 52.3 Å².